The first kappa shape index (κ1) is 21.9. The standard InChI is InChI=1S/C27H28N2O3S/c1-19-15-24-12-11-20(16-26(24)29(19)27(30)22-8-3-2-4-9-22)18-28-33(31,32)25-14-13-21-7-5-6-10-23(21)17-25/h2-4,8-9,11-14,16-17,19,28H,5-7,10,15,18H2,1H3/t19-/m0/s1. The second-order valence-electron chi connectivity index (χ2n) is 9.02. The molecule has 1 atom stereocenters. The minimum absolute atomic E-state index is 0.0337. The highest BCUT2D eigenvalue weighted by Gasteiger charge is 2.31. The second kappa shape index (κ2) is 8.76. The van der Waals surface area contributed by atoms with Gasteiger partial charge in [-0.15, -0.1) is 0 Å². The van der Waals surface area contributed by atoms with Crippen LogP contribution in [0.15, 0.2) is 71.6 Å². The summed E-state index contributed by atoms with van der Waals surface area (Å²) >= 11 is 0. The van der Waals surface area contributed by atoms with Crippen molar-refractivity contribution in [3.05, 3.63) is 94.5 Å². The van der Waals surface area contributed by atoms with Crippen LogP contribution < -0.4 is 9.62 Å². The number of sulfonamides is 1. The van der Waals surface area contributed by atoms with E-state index in [-0.39, 0.29) is 18.5 Å². The Morgan fingerprint density at radius 3 is 2.45 bits per heavy atom. The van der Waals surface area contributed by atoms with Crippen LogP contribution in [0.5, 0.6) is 0 Å². The SMILES string of the molecule is C[C@H]1Cc2ccc(CNS(=O)(=O)c3ccc4c(c3)CCCC4)cc2N1C(=O)c1ccccc1. The lowest BCUT2D eigenvalue weighted by Crippen LogP contribution is -2.35. The van der Waals surface area contributed by atoms with Crippen molar-refractivity contribution in [3.63, 3.8) is 0 Å². The van der Waals surface area contributed by atoms with Crippen LogP contribution in [0.2, 0.25) is 0 Å². The number of fused-ring (bicyclic) bond motifs is 2. The maximum atomic E-state index is 13.2. The third kappa shape index (κ3) is 4.33. The minimum atomic E-state index is -3.62. The molecule has 0 spiro atoms. The number of carbonyl (C=O) groups is 1. The molecule has 6 heteroatoms. The van der Waals surface area contributed by atoms with E-state index >= 15 is 0 Å². The minimum Gasteiger partial charge on any atom is -0.305 e. The molecule has 33 heavy (non-hydrogen) atoms. The molecule has 0 saturated carbocycles. The number of hydrogen-bond acceptors (Lipinski definition) is 3. The van der Waals surface area contributed by atoms with Crippen molar-refractivity contribution in [1.82, 2.24) is 4.72 Å². The lowest BCUT2D eigenvalue weighted by atomic mass is 9.92. The molecule has 0 saturated heterocycles. The number of hydrogen-bond donors (Lipinski definition) is 1. The largest absolute Gasteiger partial charge is 0.305 e. The monoisotopic (exact) mass is 460 g/mol. The smallest absolute Gasteiger partial charge is 0.258 e. The summed E-state index contributed by atoms with van der Waals surface area (Å²) in [7, 11) is -3.62. The number of rotatable bonds is 5. The van der Waals surface area contributed by atoms with E-state index < -0.39 is 10.0 Å². The van der Waals surface area contributed by atoms with Gasteiger partial charge >= 0.3 is 0 Å². The molecule has 5 nitrogen and oxygen atoms in total. The van der Waals surface area contributed by atoms with E-state index in [1.165, 1.54) is 5.56 Å². The van der Waals surface area contributed by atoms with Gasteiger partial charge in [0.2, 0.25) is 10.0 Å². The quantitative estimate of drug-likeness (QED) is 0.603. The fourth-order valence-electron chi connectivity index (χ4n) is 4.93. The molecule has 3 aromatic carbocycles. The van der Waals surface area contributed by atoms with Crippen LogP contribution in [-0.2, 0) is 35.8 Å². The van der Waals surface area contributed by atoms with Gasteiger partial charge in [-0.3, -0.25) is 4.79 Å². The molecule has 1 aliphatic heterocycles. The molecule has 3 aromatic rings. The van der Waals surface area contributed by atoms with Crippen molar-refractivity contribution >= 4 is 21.6 Å². The van der Waals surface area contributed by atoms with Gasteiger partial charge in [0, 0.05) is 23.8 Å². The van der Waals surface area contributed by atoms with Gasteiger partial charge in [0.25, 0.3) is 5.91 Å². The third-order valence-electron chi connectivity index (χ3n) is 6.70. The number of amides is 1. The Kier molecular flexibility index (Phi) is 5.81. The van der Waals surface area contributed by atoms with Gasteiger partial charge in [-0.05, 0) is 91.6 Å². The average Bonchev–Trinajstić information content (AvgIpc) is 3.17. The Morgan fingerprint density at radius 1 is 0.939 bits per heavy atom. The molecule has 2 aliphatic rings. The maximum Gasteiger partial charge on any atom is 0.258 e. The molecule has 1 heterocycles. The van der Waals surface area contributed by atoms with Gasteiger partial charge in [0.1, 0.15) is 0 Å². The fourth-order valence-corrected chi connectivity index (χ4v) is 6.00. The number of anilines is 1. The van der Waals surface area contributed by atoms with Crippen molar-refractivity contribution in [2.45, 2.75) is 56.5 Å². The van der Waals surface area contributed by atoms with E-state index in [4.69, 9.17) is 0 Å². The van der Waals surface area contributed by atoms with E-state index in [0.717, 1.165) is 54.5 Å². The van der Waals surface area contributed by atoms with E-state index in [2.05, 4.69) is 4.72 Å². The topological polar surface area (TPSA) is 66.5 Å². The summed E-state index contributed by atoms with van der Waals surface area (Å²) in [5, 5.41) is 0. The summed E-state index contributed by atoms with van der Waals surface area (Å²) in [6, 6.07) is 20.7. The predicted octanol–water partition coefficient (Wildman–Crippen LogP) is 4.64. The molecule has 0 fully saturated rings. The molecular weight excluding hydrogens is 432 g/mol. The van der Waals surface area contributed by atoms with E-state index in [9.17, 15) is 13.2 Å². The van der Waals surface area contributed by atoms with Crippen LogP contribution in [0, 0.1) is 0 Å². The summed E-state index contributed by atoms with van der Waals surface area (Å²) < 4.78 is 28.7. The highest BCUT2D eigenvalue weighted by molar-refractivity contribution is 7.89. The van der Waals surface area contributed by atoms with Gasteiger partial charge in [-0.1, -0.05) is 36.4 Å². The van der Waals surface area contributed by atoms with Gasteiger partial charge in [0.15, 0.2) is 0 Å². The lowest BCUT2D eigenvalue weighted by Gasteiger charge is -2.23. The molecule has 0 bridgehead atoms. The van der Waals surface area contributed by atoms with Crippen LogP contribution in [0.1, 0.15) is 52.4 Å². The number of aryl methyl sites for hydroxylation is 2. The molecule has 0 unspecified atom stereocenters. The summed E-state index contributed by atoms with van der Waals surface area (Å²) in [6.07, 6.45) is 5.02. The van der Waals surface area contributed by atoms with Crippen LogP contribution in [-0.4, -0.2) is 20.4 Å². The van der Waals surface area contributed by atoms with E-state index in [1.807, 2.05) is 72.5 Å². The molecule has 1 amide bonds. The first-order valence-corrected chi connectivity index (χ1v) is 13.0. The Hall–Kier alpha value is -2.96. The number of carbonyl (C=O) groups excluding carboxylic acids is 1. The zero-order chi connectivity index (χ0) is 23.0. The van der Waals surface area contributed by atoms with Gasteiger partial charge in [0.05, 0.1) is 4.90 Å². The van der Waals surface area contributed by atoms with Gasteiger partial charge in [-0.2, -0.15) is 0 Å². The fraction of sp³-hybridized carbons (Fsp3) is 0.296. The first-order chi connectivity index (χ1) is 15.9. The van der Waals surface area contributed by atoms with Crippen LogP contribution in [0.25, 0.3) is 0 Å². The van der Waals surface area contributed by atoms with Crippen LogP contribution >= 0.6 is 0 Å². The van der Waals surface area contributed by atoms with Crippen molar-refractivity contribution < 1.29 is 13.2 Å². The van der Waals surface area contributed by atoms with Crippen LogP contribution in [0.4, 0.5) is 5.69 Å². The number of nitrogens with one attached hydrogen (secondary N) is 1. The Bertz CT molecular complexity index is 1300. The average molecular weight is 461 g/mol. The second-order valence-corrected chi connectivity index (χ2v) is 10.8. The molecule has 5 rings (SSSR count). The van der Waals surface area contributed by atoms with Crippen molar-refractivity contribution in [3.8, 4) is 0 Å². The Labute approximate surface area is 195 Å². The number of nitrogens with zero attached hydrogens (tertiary/aromatic N) is 1. The van der Waals surface area contributed by atoms with Crippen LogP contribution in [0.3, 0.4) is 0 Å². The van der Waals surface area contributed by atoms with Gasteiger partial charge < -0.3 is 4.90 Å². The molecular formula is C27H28N2O3S. The normalized spacial score (nSPS) is 17.5. The molecule has 1 N–H and O–H groups in total. The molecule has 170 valence electrons. The summed E-state index contributed by atoms with van der Waals surface area (Å²) in [4.78, 5) is 15.3. The molecule has 1 aliphatic carbocycles. The number of benzene rings is 3. The van der Waals surface area contributed by atoms with Crippen molar-refractivity contribution in [1.29, 1.82) is 0 Å². The Morgan fingerprint density at radius 2 is 1.67 bits per heavy atom. The van der Waals surface area contributed by atoms with Crippen molar-refractivity contribution in [2.75, 3.05) is 4.90 Å². The summed E-state index contributed by atoms with van der Waals surface area (Å²) in [6.45, 7) is 2.22. The first-order valence-electron chi connectivity index (χ1n) is 11.5. The highest BCUT2D eigenvalue weighted by Crippen LogP contribution is 2.34. The predicted molar refractivity (Wildman–Crippen MR) is 130 cm³/mol. The lowest BCUT2D eigenvalue weighted by molar-refractivity contribution is 0.0981. The zero-order valence-corrected chi connectivity index (χ0v) is 19.6. The summed E-state index contributed by atoms with van der Waals surface area (Å²) in [5.74, 6) is -0.0337. The highest BCUT2D eigenvalue weighted by atomic mass is 32.2. The van der Waals surface area contributed by atoms with E-state index in [1.54, 1.807) is 6.07 Å². The Balaban J connectivity index is 1.35. The van der Waals surface area contributed by atoms with Crippen molar-refractivity contribution in [2.24, 2.45) is 0 Å². The van der Waals surface area contributed by atoms with E-state index in [0.29, 0.717) is 10.5 Å². The van der Waals surface area contributed by atoms with Gasteiger partial charge in [-0.25, -0.2) is 13.1 Å². The molecule has 0 radical (unpaired) electrons. The zero-order valence-electron chi connectivity index (χ0n) is 18.8. The summed E-state index contributed by atoms with van der Waals surface area (Å²) in [5.41, 5.74) is 5.85. The molecule has 0 aromatic heterocycles. The third-order valence-corrected chi connectivity index (χ3v) is 8.10. The maximum absolute atomic E-state index is 13.2.